The van der Waals surface area contributed by atoms with Crippen LogP contribution in [0.2, 0.25) is 0 Å². The van der Waals surface area contributed by atoms with Crippen molar-refractivity contribution >= 4 is 33.3 Å². The van der Waals surface area contributed by atoms with Crippen molar-refractivity contribution in [1.29, 1.82) is 0 Å². The second kappa shape index (κ2) is 7.96. The van der Waals surface area contributed by atoms with Crippen molar-refractivity contribution in [3.8, 4) is 17.0 Å². The molecule has 1 aliphatic rings. The Morgan fingerprint density at radius 1 is 1.29 bits per heavy atom. The highest BCUT2D eigenvalue weighted by molar-refractivity contribution is 7.14. The molecule has 1 aliphatic heterocycles. The summed E-state index contributed by atoms with van der Waals surface area (Å²) in [5, 5.41) is 5.85. The number of amides is 1. The molecule has 0 radical (unpaired) electrons. The minimum Gasteiger partial charge on any atom is -0.493 e. The number of benzene rings is 2. The zero-order valence-electron chi connectivity index (χ0n) is 16.9. The van der Waals surface area contributed by atoms with Gasteiger partial charge in [-0.25, -0.2) is 9.97 Å². The van der Waals surface area contributed by atoms with Gasteiger partial charge in [-0.15, -0.1) is 11.3 Å². The number of para-hydroxylation sites is 1. The Morgan fingerprint density at radius 2 is 2.19 bits per heavy atom. The standard InChI is InChI=1S/C23H20N4O3S/c1-14-3-2-4-17-21(14)24-13-27(22(17)29)9-7-20(28)26-23-25-18(12-31-23)15-5-6-19-16(11-15)8-10-30-19/h2-6,11-13H,7-10H2,1H3,(H,25,26,28). The summed E-state index contributed by atoms with van der Waals surface area (Å²) in [6.45, 7) is 2.89. The number of carbonyl (C=O) groups excluding carboxylic acids is 1. The van der Waals surface area contributed by atoms with E-state index in [0.29, 0.717) is 22.6 Å². The number of carbonyl (C=O) groups is 1. The Morgan fingerprint density at radius 3 is 3.10 bits per heavy atom. The summed E-state index contributed by atoms with van der Waals surface area (Å²) in [5.41, 5.74) is 4.52. The lowest BCUT2D eigenvalue weighted by molar-refractivity contribution is -0.116. The molecular weight excluding hydrogens is 412 g/mol. The van der Waals surface area contributed by atoms with Gasteiger partial charge >= 0.3 is 0 Å². The molecule has 1 N–H and O–H groups in total. The molecule has 4 aromatic rings. The van der Waals surface area contributed by atoms with Crippen molar-refractivity contribution in [1.82, 2.24) is 14.5 Å². The van der Waals surface area contributed by atoms with Gasteiger partial charge in [0, 0.05) is 30.3 Å². The summed E-state index contributed by atoms with van der Waals surface area (Å²) >= 11 is 1.38. The number of hydrogen-bond donors (Lipinski definition) is 1. The summed E-state index contributed by atoms with van der Waals surface area (Å²) < 4.78 is 7.02. The number of aryl methyl sites for hydroxylation is 2. The SMILES string of the molecule is Cc1cccc2c(=O)n(CCC(=O)Nc3nc(-c4ccc5c(c4)CCO5)cs3)cnc12. The van der Waals surface area contributed by atoms with Crippen LogP contribution in [0.3, 0.4) is 0 Å². The highest BCUT2D eigenvalue weighted by Gasteiger charge is 2.15. The fourth-order valence-corrected chi connectivity index (χ4v) is 4.45. The van der Waals surface area contributed by atoms with E-state index in [-0.39, 0.29) is 24.4 Å². The molecule has 2 aromatic heterocycles. The molecule has 156 valence electrons. The third-order valence-corrected chi connectivity index (χ3v) is 6.13. The van der Waals surface area contributed by atoms with Gasteiger partial charge < -0.3 is 10.1 Å². The average Bonchev–Trinajstić information content (AvgIpc) is 3.42. The first-order valence-corrected chi connectivity index (χ1v) is 10.9. The fourth-order valence-electron chi connectivity index (χ4n) is 3.71. The largest absolute Gasteiger partial charge is 0.493 e. The van der Waals surface area contributed by atoms with Crippen molar-refractivity contribution in [2.24, 2.45) is 0 Å². The minimum atomic E-state index is -0.195. The molecule has 7 nitrogen and oxygen atoms in total. The first-order valence-electron chi connectivity index (χ1n) is 10.0. The van der Waals surface area contributed by atoms with Crippen LogP contribution in [0.1, 0.15) is 17.5 Å². The smallest absolute Gasteiger partial charge is 0.261 e. The zero-order chi connectivity index (χ0) is 21.4. The van der Waals surface area contributed by atoms with Gasteiger partial charge in [-0.1, -0.05) is 12.1 Å². The first kappa shape index (κ1) is 19.4. The maximum atomic E-state index is 12.7. The van der Waals surface area contributed by atoms with E-state index in [4.69, 9.17) is 4.74 Å². The number of fused-ring (bicyclic) bond motifs is 2. The summed E-state index contributed by atoms with van der Waals surface area (Å²) in [6, 6.07) is 11.6. The van der Waals surface area contributed by atoms with Crippen LogP contribution in [0.5, 0.6) is 5.75 Å². The Kier molecular flexibility index (Phi) is 4.99. The molecular formula is C23H20N4O3S. The van der Waals surface area contributed by atoms with E-state index in [1.807, 2.05) is 36.6 Å². The molecule has 0 saturated carbocycles. The van der Waals surface area contributed by atoms with Gasteiger partial charge in [0.05, 0.1) is 29.5 Å². The number of anilines is 1. The van der Waals surface area contributed by atoms with Crippen molar-refractivity contribution < 1.29 is 9.53 Å². The quantitative estimate of drug-likeness (QED) is 0.519. The normalized spacial score (nSPS) is 12.5. The molecule has 0 atom stereocenters. The van der Waals surface area contributed by atoms with Crippen LogP contribution in [-0.2, 0) is 17.8 Å². The van der Waals surface area contributed by atoms with E-state index in [1.165, 1.54) is 27.8 Å². The lowest BCUT2D eigenvalue weighted by Gasteiger charge is -2.07. The molecule has 0 aliphatic carbocycles. The van der Waals surface area contributed by atoms with Crippen molar-refractivity contribution in [3.63, 3.8) is 0 Å². The van der Waals surface area contributed by atoms with E-state index in [2.05, 4.69) is 21.4 Å². The number of thiazole rings is 1. The number of rotatable bonds is 5. The Hall–Kier alpha value is -3.52. The number of nitrogens with one attached hydrogen (secondary N) is 1. The monoisotopic (exact) mass is 432 g/mol. The van der Waals surface area contributed by atoms with E-state index < -0.39 is 0 Å². The summed E-state index contributed by atoms with van der Waals surface area (Å²) in [5.74, 6) is 0.737. The Bertz CT molecular complexity index is 1360. The molecule has 0 saturated heterocycles. The maximum Gasteiger partial charge on any atom is 0.261 e. The zero-order valence-corrected chi connectivity index (χ0v) is 17.7. The number of hydrogen-bond acceptors (Lipinski definition) is 6. The van der Waals surface area contributed by atoms with Gasteiger partial charge in [0.2, 0.25) is 5.91 Å². The number of aromatic nitrogens is 3. The second-order valence-electron chi connectivity index (χ2n) is 7.47. The lowest BCUT2D eigenvalue weighted by atomic mass is 10.1. The summed E-state index contributed by atoms with van der Waals surface area (Å²) in [7, 11) is 0. The van der Waals surface area contributed by atoms with E-state index in [1.54, 1.807) is 6.07 Å². The lowest BCUT2D eigenvalue weighted by Crippen LogP contribution is -2.23. The van der Waals surface area contributed by atoms with Gasteiger partial charge in [-0.3, -0.25) is 14.2 Å². The molecule has 8 heteroatoms. The molecule has 31 heavy (non-hydrogen) atoms. The van der Waals surface area contributed by atoms with Crippen LogP contribution in [0.25, 0.3) is 22.2 Å². The highest BCUT2D eigenvalue weighted by Crippen LogP contribution is 2.31. The number of ether oxygens (including phenoxy) is 1. The van der Waals surface area contributed by atoms with Gasteiger partial charge in [0.1, 0.15) is 5.75 Å². The van der Waals surface area contributed by atoms with Crippen LogP contribution in [-0.4, -0.2) is 27.0 Å². The predicted octanol–water partition coefficient (Wildman–Crippen LogP) is 3.79. The van der Waals surface area contributed by atoms with E-state index in [0.717, 1.165) is 29.0 Å². The van der Waals surface area contributed by atoms with Crippen LogP contribution in [0, 0.1) is 6.92 Å². The molecule has 0 unspecified atom stereocenters. The van der Waals surface area contributed by atoms with E-state index >= 15 is 0 Å². The van der Waals surface area contributed by atoms with Crippen LogP contribution in [0.4, 0.5) is 5.13 Å². The summed E-state index contributed by atoms with van der Waals surface area (Å²) in [4.78, 5) is 34.0. The van der Waals surface area contributed by atoms with Gasteiger partial charge in [0.15, 0.2) is 5.13 Å². The molecule has 2 aromatic carbocycles. The third-order valence-electron chi connectivity index (χ3n) is 5.37. The van der Waals surface area contributed by atoms with Crippen LogP contribution in [0.15, 0.2) is 52.9 Å². The second-order valence-corrected chi connectivity index (χ2v) is 8.33. The number of nitrogens with zero attached hydrogens (tertiary/aromatic N) is 3. The van der Waals surface area contributed by atoms with E-state index in [9.17, 15) is 9.59 Å². The van der Waals surface area contributed by atoms with Gasteiger partial charge in [-0.05, 0) is 42.3 Å². The van der Waals surface area contributed by atoms with Crippen LogP contribution < -0.4 is 15.6 Å². The molecule has 0 spiro atoms. The molecule has 1 amide bonds. The molecule has 0 fully saturated rings. The van der Waals surface area contributed by atoms with Crippen molar-refractivity contribution in [2.75, 3.05) is 11.9 Å². The van der Waals surface area contributed by atoms with Gasteiger partial charge in [0.25, 0.3) is 5.56 Å². The summed E-state index contributed by atoms with van der Waals surface area (Å²) in [6.07, 6.45) is 2.56. The molecule has 3 heterocycles. The minimum absolute atomic E-state index is 0.140. The maximum absolute atomic E-state index is 12.7. The molecule has 0 bridgehead atoms. The van der Waals surface area contributed by atoms with Crippen molar-refractivity contribution in [3.05, 3.63) is 69.6 Å². The predicted molar refractivity (Wildman–Crippen MR) is 121 cm³/mol. The van der Waals surface area contributed by atoms with Gasteiger partial charge in [-0.2, -0.15) is 0 Å². The van der Waals surface area contributed by atoms with Crippen molar-refractivity contribution in [2.45, 2.75) is 26.3 Å². The first-order chi connectivity index (χ1) is 15.1. The third kappa shape index (κ3) is 3.82. The Labute approximate surface area is 182 Å². The fraction of sp³-hybridized carbons (Fsp3) is 0.217. The van der Waals surface area contributed by atoms with Crippen LogP contribution >= 0.6 is 11.3 Å². The molecule has 5 rings (SSSR count). The Balaban J connectivity index is 1.25. The highest BCUT2D eigenvalue weighted by atomic mass is 32.1. The topological polar surface area (TPSA) is 86.1 Å². The average molecular weight is 433 g/mol.